The molecule has 0 aromatic heterocycles. The van der Waals surface area contributed by atoms with Crippen LogP contribution in [0.3, 0.4) is 0 Å². The van der Waals surface area contributed by atoms with Crippen molar-refractivity contribution in [2.75, 3.05) is 37.1 Å². The molecular weight excluding hydrogens is 523 g/mol. The van der Waals surface area contributed by atoms with Crippen molar-refractivity contribution in [2.24, 2.45) is 11.8 Å². The zero-order chi connectivity index (χ0) is 26.4. The first-order chi connectivity index (χ1) is 15.4. The standard InChI is InChI=1S/C20H38N3O7S4/c1-19(2)15(17(24)21-11-7-9-13-31-33(5,27)28)16(20(3,4)23(19)26)18(25)22-12-8-10-14-32-34(6,29)30/h15-16H,7-14H2,1-6H3,(H,21,24)(H,22,25)/t15-,16-/m1/s1. The van der Waals surface area contributed by atoms with Gasteiger partial charge in [0.1, 0.15) is 0 Å². The molecule has 0 aliphatic carbocycles. The van der Waals surface area contributed by atoms with E-state index in [-0.39, 0.29) is 11.8 Å². The lowest BCUT2D eigenvalue weighted by atomic mass is 9.76. The largest absolute Gasteiger partial charge is 0.356 e. The first-order valence-electron chi connectivity index (χ1n) is 11.1. The summed E-state index contributed by atoms with van der Waals surface area (Å²) < 4.78 is 44.7. The van der Waals surface area contributed by atoms with Gasteiger partial charge in [-0.2, -0.15) is 0 Å². The number of unbranched alkanes of at least 4 members (excludes halogenated alkanes) is 2. The molecule has 10 nitrogen and oxygen atoms in total. The Morgan fingerprint density at radius 2 is 1.06 bits per heavy atom. The lowest BCUT2D eigenvalue weighted by Crippen LogP contribution is -2.49. The van der Waals surface area contributed by atoms with Crippen LogP contribution in [0.1, 0.15) is 53.4 Å². The number of nitrogens with one attached hydrogen (secondary N) is 2. The van der Waals surface area contributed by atoms with Crippen molar-refractivity contribution in [2.45, 2.75) is 64.5 Å². The van der Waals surface area contributed by atoms with Crippen LogP contribution in [0.15, 0.2) is 0 Å². The van der Waals surface area contributed by atoms with Gasteiger partial charge in [-0.1, -0.05) is 0 Å². The molecule has 2 amide bonds. The second kappa shape index (κ2) is 12.6. The Bertz CT molecular complexity index is 846. The molecule has 2 N–H and O–H groups in total. The SMILES string of the molecule is CC1(C)[C@@H](C(=O)NCCCCSS(C)(=O)=O)[C@H](C(=O)NCCCCSS(C)(=O)=O)C(C)(C)N1[O]. The van der Waals surface area contributed by atoms with Gasteiger partial charge in [-0.25, -0.2) is 16.8 Å². The fourth-order valence-corrected chi connectivity index (χ4v) is 8.05. The van der Waals surface area contributed by atoms with Crippen LogP contribution in [0.2, 0.25) is 0 Å². The molecule has 2 atom stereocenters. The molecule has 0 spiro atoms. The van der Waals surface area contributed by atoms with E-state index >= 15 is 0 Å². The number of nitrogens with zero attached hydrogens (tertiary/aromatic N) is 1. The van der Waals surface area contributed by atoms with E-state index in [1.54, 1.807) is 27.7 Å². The Morgan fingerprint density at radius 3 is 1.35 bits per heavy atom. The number of hydrogen-bond acceptors (Lipinski definition) is 9. The van der Waals surface area contributed by atoms with Crippen LogP contribution in [0.5, 0.6) is 0 Å². The molecule has 1 fully saturated rings. The maximum Gasteiger partial charge on any atom is 0.225 e. The average molecular weight is 561 g/mol. The molecule has 0 aromatic carbocycles. The molecule has 0 unspecified atom stereocenters. The highest BCUT2D eigenvalue weighted by atomic mass is 33.1. The average Bonchev–Trinajstić information content (AvgIpc) is 2.82. The van der Waals surface area contributed by atoms with Crippen LogP contribution >= 0.6 is 21.6 Å². The van der Waals surface area contributed by atoms with Crippen LogP contribution in [0.25, 0.3) is 0 Å². The molecule has 0 saturated carbocycles. The van der Waals surface area contributed by atoms with Gasteiger partial charge in [0.25, 0.3) is 0 Å². The van der Waals surface area contributed by atoms with Crippen LogP contribution in [0, 0.1) is 11.8 Å². The van der Waals surface area contributed by atoms with Gasteiger partial charge in [0, 0.05) is 37.1 Å². The zero-order valence-electron chi connectivity index (χ0n) is 20.7. The van der Waals surface area contributed by atoms with Gasteiger partial charge in [-0.3, -0.25) is 9.59 Å². The van der Waals surface area contributed by atoms with Crippen molar-refractivity contribution < 1.29 is 31.6 Å². The second-order valence-electron chi connectivity index (χ2n) is 9.61. The topological polar surface area (TPSA) is 150 Å². The third-order valence-corrected chi connectivity index (χ3v) is 11.1. The monoisotopic (exact) mass is 560 g/mol. The predicted molar refractivity (Wildman–Crippen MR) is 137 cm³/mol. The fraction of sp³-hybridized carbons (Fsp3) is 0.900. The highest BCUT2D eigenvalue weighted by molar-refractivity contribution is 8.72. The number of carbonyl (C=O) groups excluding carboxylic acids is 2. The van der Waals surface area contributed by atoms with Crippen LogP contribution in [-0.4, -0.2) is 81.9 Å². The van der Waals surface area contributed by atoms with Crippen molar-refractivity contribution in [3.05, 3.63) is 0 Å². The van der Waals surface area contributed by atoms with Crippen molar-refractivity contribution in [3.63, 3.8) is 0 Å². The number of hydrogen-bond donors (Lipinski definition) is 2. The third kappa shape index (κ3) is 9.49. The van der Waals surface area contributed by atoms with Gasteiger partial charge in [0.2, 0.25) is 11.8 Å². The van der Waals surface area contributed by atoms with Gasteiger partial charge < -0.3 is 10.6 Å². The maximum absolute atomic E-state index is 13.1. The summed E-state index contributed by atoms with van der Waals surface area (Å²) in [5, 5.41) is 19.5. The van der Waals surface area contributed by atoms with Crippen molar-refractivity contribution in [1.82, 2.24) is 15.7 Å². The van der Waals surface area contributed by atoms with E-state index in [0.717, 1.165) is 39.2 Å². The molecule has 1 aliphatic heterocycles. The van der Waals surface area contributed by atoms with Gasteiger partial charge in [0.15, 0.2) is 17.7 Å². The molecule has 1 radical (unpaired) electrons. The Hall–Kier alpha value is -0.540. The molecule has 0 bridgehead atoms. The number of rotatable bonds is 14. The van der Waals surface area contributed by atoms with Crippen LogP contribution < -0.4 is 10.6 Å². The van der Waals surface area contributed by atoms with E-state index in [2.05, 4.69) is 10.6 Å². The van der Waals surface area contributed by atoms with Gasteiger partial charge in [0.05, 0.1) is 22.9 Å². The Kier molecular flexibility index (Phi) is 11.7. The number of carbonyl (C=O) groups is 2. The summed E-state index contributed by atoms with van der Waals surface area (Å²) in [4.78, 5) is 26.2. The minimum Gasteiger partial charge on any atom is -0.356 e. The summed E-state index contributed by atoms with van der Waals surface area (Å²) in [6.07, 6.45) is 4.66. The zero-order valence-corrected chi connectivity index (χ0v) is 24.0. The van der Waals surface area contributed by atoms with Crippen molar-refractivity contribution >= 4 is 51.1 Å². The molecule has 14 heteroatoms. The first-order valence-corrected chi connectivity index (χ1v) is 17.9. The summed E-state index contributed by atoms with van der Waals surface area (Å²) >= 11 is 0. The number of hydroxylamine groups is 2. The lowest BCUT2D eigenvalue weighted by Gasteiger charge is -2.33. The van der Waals surface area contributed by atoms with E-state index < -0.39 is 40.7 Å². The maximum atomic E-state index is 13.1. The van der Waals surface area contributed by atoms with Crippen molar-refractivity contribution in [1.29, 1.82) is 0 Å². The van der Waals surface area contributed by atoms with E-state index in [1.165, 1.54) is 0 Å². The molecule has 1 heterocycles. The Balaban J connectivity index is 2.72. The fourth-order valence-electron chi connectivity index (χ4n) is 4.27. The van der Waals surface area contributed by atoms with Crippen LogP contribution in [-0.2, 0) is 32.5 Å². The summed E-state index contributed by atoms with van der Waals surface area (Å²) in [6, 6.07) is 0. The minimum atomic E-state index is -3.10. The predicted octanol–water partition coefficient (Wildman–Crippen LogP) is 1.62. The molecule has 0 aromatic rings. The van der Waals surface area contributed by atoms with E-state index in [9.17, 15) is 31.6 Å². The molecule has 1 saturated heterocycles. The minimum absolute atomic E-state index is 0.321. The van der Waals surface area contributed by atoms with Gasteiger partial charge in [-0.05, 0) is 75.0 Å². The molecular formula is C20H38N3O7S4. The first kappa shape index (κ1) is 31.5. The lowest BCUT2D eigenvalue weighted by molar-refractivity contribution is -0.250. The van der Waals surface area contributed by atoms with Gasteiger partial charge in [-0.15, -0.1) is 10.3 Å². The molecule has 199 valence electrons. The molecule has 34 heavy (non-hydrogen) atoms. The highest BCUT2D eigenvalue weighted by Crippen LogP contribution is 2.48. The number of amides is 2. The quantitative estimate of drug-likeness (QED) is 0.239. The van der Waals surface area contributed by atoms with E-state index in [4.69, 9.17) is 0 Å². The van der Waals surface area contributed by atoms with Crippen molar-refractivity contribution in [3.8, 4) is 0 Å². The summed E-state index contributed by atoms with van der Waals surface area (Å²) in [5.74, 6) is -1.64. The Labute approximate surface area is 211 Å². The molecule has 1 rings (SSSR count). The smallest absolute Gasteiger partial charge is 0.225 e. The summed E-state index contributed by atoms with van der Waals surface area (Å²) in [7, 11) is -4.46. The normalized spacial score (nSPS) is 22.4. The Morgan fingerprint density at radius 1 is 0.735 bits per heavy atom. The van der Waals surface area contributed by atoms with Crippen LogP contribution in [0.4, 0.5) is 0 Å². The highest BCUT2D eigenvalue weighted by Gasteiger charge is 2.64. The van der Waals surface area contributed by atoms with Gasteiger partial charge >= 0.3 is 0 Å². The molecule has 1 aliphatic rings. The third-order valence-electron chi connectivity index (χ3n) is 5.80. The second-order valence-corrected chi connectivity index (χ2v) is 18.8. The van der Waals surface area contributed by atoms with E-state index in [0.29, 0.717) is 50.3 Å². The van der Waals surface area contributed by atoms with E-state index in [1.807, 2.05) is 0 Å². The summed E-state index contributed by atoms with van der Waals surface area (Å²) in [6.45, 7) is 7.27. The summed E-state index contributed by atoms with van der Waals surface area (Å²) in [5.41, 5.74) is -2.21.